The van der Waals surface area contributed by atoms with Crippen LogP contribution < -0.4 is 16.0 Å². The molecule has 1 saturated carbocycles. The average Bonchev–Trinajstić information content (AvgIpc) is 3.77. The third-order valence-electron chi connectivity index (χ3n) is 10.0. The number of nitrogens with one attached hydrogen (secondary N) is 3. The van der Waals surface area contributed by atoms with Crippen molar-refractivity contribution in [3.63, 3.8) is 0 Å². The molecule has 7 rings (SSSR count). The number of hydrogen-bond donors (Lipinski definition) is 5. The van der Waals surface area contributed by atoms with Crippen molar-refractivity contribution in [3.05, 3.63) is 60.2 Å². The van der Waals surface area contributed by atoms with Gasteiger partial charge in [-0.05, 0) is 94.1 Å². The fourth-order valence-corrected chi connectivity index (χ4v) is 7.49. The predicted octanol–water partition coefficient (Wildman–Crippen LogP) is 3.90. The van der Waals surface area contributed by atoms with Crippen LogP contribution in [0.25, 0.3) is 28.2 Å². The van der Waals surface area contributed by atoms with Crippen molar-refractivity contribution in [2.24, 2.45) is 0 Å². The minimum Gasteiger partial charge on any atom is -0.508 e. The van der Waals surface area contributed by atoms with Gasteiger partial charge in [-0.25, -0.2) is 18.9 Å². The van der Waals surface area contributed by atoms with Crippen LogP contribution in [0.15, 0.2) is 48.8 Å². The molecule has 0 bridgehead atoms. The number of hydrogen-bond acceptors (Lipinski definition) is 10. The number of phenols is 1. The molecule has 5 heterocycles. The lowest BCUT2D eigenvalue weighted by Crippen LogP contribution is -2.58. The molecule has 4 aromatic rings. The van der Waals surface area contributed by atoms with E-state index in [1.807, 2.05) is 24.3 Å². The molecule has 11 nitrogen and oxygen atoms in total. The maximum Gasteiger partial charge on any atom is 0.191 e. The van der Waals surface area contributed by atoms with Gasteiger partial charge in [0.2, 0.25) is 0 Å². The van der Waals surface area contributed by atoms with Gasteiger partial charge in [0.1, 0.15) is 23.6 Å². The molecule has 12 heteroatoms. The largest absolute Gasteiger partial charge is 0.508 e. The third kappa shape index (κ3) is 6.73. The summed E-state index contributed by atoms with van der Waals surface area (Å²) in [5, 5.41) is 35.3. The summed E-state index contributed by atoms with van der Waals surface area (Å²) >= 11 is 0. The Morgan fingerprint density at radius 3 is 2.64 bits per heavy atom. The zero-order valence-electron chi connectivity index (χ0n) is 26.6. The van der Waals surface area contributed by atoms with Crippen LogP contribution >= 0.6 is 0 Å². The van der Waals surface area contributed by atoms with Gasteiger partial charge in [-0.2, -0.15) is 5.10 Å². The van der Waals surface area contributed by atoms with Crippen LogP contribution in [0.5, 0.6) is 5.75 Å². The molecular formula is C35H43FN8O3. The maximum atomic E-state index is 16.6. The SMILES string of the molecule is O=C(CO)C1(Nc2nc(-c3cnn4ccccc34)nc(-c3cc(O)cc(CN4CCC(NC5CCCC5)CC4)c3)c2F)CCCNC1. The van der Waals surface area contributed by atoms with Crippen LogP contribution in [0.2, 0.25) is 0 Å². The maximum absolute atomic E-state index is 16.6. The van der Waals surface area contributed by atoms with Crippen LogP contribution in [0.3, 0.4) is 0 Å². The number of fused-ring (bicyclic) bond motifs is 1. The molecule has 1 unspecified atom stereocenters. The number of carbonyl (C=O) groups is 1. The third-order valence-corrected chi connectivity index (χ3v) is 10.0. The molecule has 3 aromatic heterocycles. The Balaban J connectivity index is 1.22. The van der Waals surface area contributed by atoms with Crippen molar-refractivity contribution in [2.75, 3.05) is 38.1 Å². The van der Waals surface area contributed by atoms with Crippen LogP contribution in [0, 0.1) is 5.82 Å². The van der Waals surface area contributed by atoms with Gasteiger partial charge < -0.3 is 26.2 Å². The van der Waals surface area contributed by atoms with Gasteiger partial charge in [0.25, 0.3) is 0 Å². The molecule has 0 spiro atoms. The summed E-state index contributed by atoms with van der Waals surface area (Å²) in [6, 6.07) is 11.9. The molecule has 0 radical (unpaired) electrons. The zero-order chi connectivity index (χ0) is 32.4. The van der Waals surface area contributed by atoms with E-state index in [1.54, 1.807) is 23.0 Å². The first-order valence-corrected chi connectivity index (χ1v) is 16.9. The molecule has 248 valence electrons. The second-order valence-electron chi connectivity index (χ2n) is 13.3. The lowest BCUT2D eigenvalue weighted by Gasteiger charge is -2.37. The van der Waals surface area contributed by atoms with Crippen molar-refractivity contribution in [1.29, 1.82) is 0 Å². The van der Waals surface area contributed by atoms with E-state index in [2.05, 4.69) is 30.9 Å². The molecule has 3 aliphatic rings. The standard InChI is InChI=1S/C35H43FN8O3/c36-31-32(24-16-23(17-27(46)18-24)20-43-14-9-26(10-15-43)39-25-6-1-2-7-25)40-33(28-19-38-44-13-4-3-8-29(28)44)41-34(31)42-35(30(47)21-45)11-5-12-37-22-35/h3-4,8,13,16-19,25-26,37,39,45-46H,1-2,5-7,9-12,14-15,20-22H2,(H,40,41,42). The van der Waals surface area contributed by atoms with E-state index in [9.17, 15) is 15.0 Å². The zero-order valence-corrected chi connectivity index (χ0v) is 26.6. The van der Waals surface area contributed by atoms with E-state index >= 15 is 4.39 Å². The van der Waals surface area contributed by atoms with E-state index in [-0.39, 0.29) is 29.6 Å². The quantitative estimate of drug-likeness (QED) is 0.173. The first-order chi connectivity index (χ1) is 22.9. The van der Waals surface area contributed by atoms with Crippen molar-refractivity contribution < 1.29 is 19.4 Å². The Morgan fingerprint density at radius 2 is 1.87 bits per heavy atom. The van der Waals surface area contributed by atoms with Gasteiger partial charge in [-0.3, -0.25) is 9.69 Å². The molecule has 1 atom stereocenters. The van der Waals surface area contributed by atoms with Gasteiger partial charge in [0.05, 0.1) is 17.3 Å². The normalized spacial score (nSPS) is 21.4. The number of halogens is 1. The number of likely N-dealkylation sites (tertiary alicyclic amines) is 1. The van der Waals surface area contributed by atoms with Gasteiger partial charge in [-0.15, -0.1) is 0 Å². The van der Waals surface area contributed by atoms with E-state index in [0.717, 1.165) is 37.0 Å². The highest BCUT2D eigenvalue weighted by Gasteiger charge is 2.40. The molecule has 1 aromatic carbocycles. The van der Waals surface area contributed by atoms with Gasteiger partial charge >= 0.3 is 0 Å². The number of aliphatic hydroxyl groups excluding tert-OH is 1. The lowest BCUT2D eigenvalue weighted by molar-refractivity contribution is -0.126. The van der Waals surface area contributed by atoms with Crippen LogP contribution in [-0.4, -0.2) is 90.9 Å². The monoisotopic (exact) mass is 642 g/mol. The number of ketones is 1. The number of Topliss-reactive ketones (excluding diaryl/α,β-unsaturated/α-hetero) is 1. The minimum absolute atomic E-state index is 0.000214. The smallest absolute Gasteiger partial charge is 0.191 e. The summed E-state index contributed by atoms with van der Waals surface area (Å²) in [6.45, 7) is 2.77. The molecule has 2 saturated heterocycles. The van der Waals surface area contributed by atoms with Gasteiger partial charge in [-0.1, -0.05) is 18.9 Å². The first kappa shape index (κ1) is 31.6. The number of pyridine rings is 1. The number of aliphatic hydroxyl groups is 1. The lowest BCUT2D eigenvalue weighted by atomic mass is 9.86. The molecule has 5 N–H and O–H groups in total. The van der Waals surface area contributed by atoms with Gasteiger partial charge in [0, 0.05) is 36.9 Å². The molecule has 1 aliphatic carbocycles. The molecule has 0 amide bonds. The molecule has 47 heavy (non-hydrogen) atoms. The Hall–Kier alpha value is -3.97. The highest BCUT2D eigenvalue weighted by molar-refractivity contribution is 5.93. The highest BCUT2D eigenvalue weighted by Crippen LogP contribution is 2.35. The number of piperidine rings is 2. The highest BCUT2D eigenvalue weighted by atomic mass is 19.1. The number of benzene rings is 1. The Morgan fingerprint density at radius 1 is 1.06 bits per heavy atom. The fourth-order valence-electron chi connectivity index (χ4n) is 7.49. The summed E-state index contributed by atoms with van der Waals surface area (Å²) < 4.78 is 18.3. The summed E-state index contributed by atoms with van der Waals surface area (Å²) in [7, 11) is 0. The van der Waals surface area contributed by atoms with Crippen molar-refractivity contribution >= 4 is 17.1 Å². The molecular weight excluding hydrogens is 599 g/mol. The summed E-state index contributed by atoms with van der Waals surface area (Å²) in [5.41, 5.74) is 1.35. The number of aromatic hydroxyl groups is 1. The topological polar surface area (TPSA) is 140 Å². The van der Waals surface area contributed by atoms with Gasteiger partial charge in [0.15, 0.2) is 23.2 Å². The van der Waals surface area contributed by atoms with E-state index in [0.29, 0.717) is 49.1 Å². The second-order valence-corrected chi connectivity index (χ2v) is 13.3. The van der Waals surface area contributed by atoms with Crippen molar-refractivity contribution in [1.82, 2.24) is 35.1 Å². The Kier molecular flexibility index (Phi) is 9.17. The molecule has 2 aliphatic heterocycles. The fraction of sp³-hybridized carbons (Fsp3) is 0.486. The number of rotatable bonds is 10. The van der Waals surface area contributed by atoms with Crippen molar-refractivity contribution in [2.45, 2.75) is 75.5 Å². The number of aromatic nitrogens is 4. The number of nitrogens with zero attached hydrogens (tertiary/aromatic N) is 5. The summed E-state index contributed by atoms with van der Waals surface area (Å²) in [5.74, 6) is -1.08. The van der Waals surface area contributed by atoms with Crippen LogP contribution in [-0.2, 0) is 11.3 Å². The van der Waals surface area contributed by atoms with Crippen LogP contribution in [0.1, 0.15) is 56.9 Å². The van der Waals surface area contributed by atoms with E-state index < -0.39 is 23.7 Å². The van der Waals surface area contributed by atoms with E-state index in [1.165, 1.54) is 31.7 Å². The predicted molar refractivity (Wildman–Crippen MR) is 178 cm³/mol. The Labute approximate surface area is 273 Å². The van der Waals surface area contributed by atoms with E-state index in [4.69, 9.17) is 4.98 Å². The first-order valence-electron chi connectivity index (χ1n) is 16.9. The number of carbonyl (C=O) groups excluding carboxylic acids is 1. The summed E-state index contributed by atoms with van der Waals surface area (Å²) in [6.07, 6.45) is 11.9. The minimum atomic E-state index is -1.24. The molecule has 3 fully saturated rings. The number of phenolic OH excluding ortho intramolecular Hbond substituents is 1. The summed E-state index contributed by atoms with van der Waals surface area (Å²) in [4.78, 5) is 24.7. The van der Waals surface area contributed by atoms with Crippen LogP contribution in [0.4, 0.5) is 10.2 Å². The Bertz CT molecular complexity index is 1730. The van der Waals surface area contributed by atoms with Crippen molar-refractivity contribution in [3.8, 4) is 28.4 Å². The second kappa shape index (κ2) is 13.6. The average molecular weight is 643 g/mol. The number of anilines is 1.